The average molecular weight is 448 g/mol. The third-order valence-electron chi connectivity index (χ3n) is 6.04. The number of likely N-dealkylation sites (tertiary alicyclic amines) is 1. The van der Waals surface area contributed by atoms with Crippen molar-refractivity contribution in [1.82, 2.24) is 15.5 Å². The van der Waals surface area contributed by atoms with Crippen molar-refractivity contribution in [1.29, 1.82) is 0 Å². The monoisotopic (exact) mass is 447 g/mol. The maximum atomic E-state index is 12.6. The molecule has 1 atom stereocenters. The summed E-state index contributed by atoms with van der Waals surface area (Å²) in [6, 6.07) is 5.65. The van der Waals surface area contributed by atoms with Gasteiger partial charge in [-0.05, 0) is 50.8 Å². The SMILES string of the molecule is CCNC(=NCCC(=O)Nc1cccc(Cl)c1C)NC1CCN(C(=O)C2CCCC2)C1. The van der Waals surface area contributed by atoms with Crippen LogP contribution >= 0.6 is 11.6 Å². The molecule has 0 bridgehead atoms. The Labute approximate surface area is 190 Å². The molecule has 0 spiro atoms. The number of aliphatic imine (C=N–C) groups is 1. The second-order valence-corrected chi connectivity index (χ2v) is 8.77. The zero-order valence-electron chi connectivity index (χ0n) is 18.5. The van der Waals surface area contributed by atoms with Crippen LogP contribution in [0.2, 0.25) is 5.02 Å². The number of halogens is 1. The van der Waals surface area contributed by atoms with E-state index >= 15 is 0 Å². The first-order valence-electron chi connectivity index (χ1n) is 11.4. The Kier molecular flexibility index (Phi) is 8.58. The molecule has 1 aromatic carbocycles. The lowest BCUT2D eigenvalue weighted by molar-refractivity contribution is -0.134. The van der Waals surface area contributed by atoms with E-state index in [0.29, 0.717) is 30.0 Å². The van der Waals surface area contributed by atoms with Crippen LogP contribution in [0.1, 0.15) is 51.0 Å². The summed E-state index contributed by atoms with van der Waals surface area (Å²) in [5.41, 5.74) is 1.58. The number of anilines is 1. The van der Waals surface area contributed by atoms with E-state index < -0.39 is 0 Å². The molecule has 170 valence electrons. The van der Waals surface area contributed by atoms with Gasteiger partial charge in [0, 0.05) is 48.7 Å². The molecule has 1 aliphatic heterocycles. The van der Waals surface area contributed by atoms with Gasteiger partial charge in [0.2, 0.25) is 11.8 Å². The van der Waals surface area contributed by atoms with Gasteiger partial charge in [-0.3, -0.25) is 14.6 Å². The third-order valence-corrected chi connectivity index (χ3v) is 6.45. The van der Waals surface area contributed by atoms with Gasteiger partial charge in [-0.25, -0.2) is 0 Å². The second-order valence-electron chi connectivity index (χ2n) is 8.37. The minimum atomic E-state index is -0.0980. The molecule has 0 aromatic heterocycles. The first-order chi connectivity index (χ1) is 15.0. The van der Waals surface area contributed by atoms with E-state index in [1.165, 1.54) is 12.8 Å². The van der Waals surface area contributed by atoms with Gasteiger partial charge < -0.3 is 20.9 Å². The van der Waals surface area contributed by atoms with Gasteiger partial charge in [-0.15, -0.1) is 0 Å². The highest BCUT2D eigenvalue weighted by atomic mass is 35.5. The third kappa shape index (κ3) is 6.60. The highest BCUT2D eigenvalue weighted by molar-refractivity contribution is 6.31. The maximum Gasteiger partial charge on any atom is 0.226 e. The molecular weight excluding hydrogens is 414 g/mol. The first kappa shape index (κ1) is 23.4. The minimum Gasteiger partial charge on any atom is -0.357 e. The van der Waals surface area contributed by atoms with E-state index in [4.69, 9.17) is 11.6 Å². The predicted octanol–water partition coefficient (Wildman–Crippen LogP) is 3.32. The molecule has 31 heavy (non-hydrogen) atoms. The van der Waals surface area contributed by atoms with E-state index in [0.717, 1.165) is 43.6 Å². The summed E-state index contributed by atoms with van der Waals surface area (Å²) in [5.74, 6) is 1.13. The molecule has 1 saturated carbocycles. The molecule has 3 N–H and O–H groups in total. The van der Waals surface area contributed by atoms with E-state index in [1.807, 2.05) is 30.9 Å². The van der Waals surface area contributed by atoms with Crippen molar-refractivity contribution in [3.63, 3.8) is 0 Å². The van der Waals surface area contributed by atoms with Crippen LogP contribution in [-0.4, -0.2) is 54.9 Å². The Balaban J connectivity index is 1.47. The molecule has 3 rings (SSSR count). The zero-order valence-corrected chi connectivity index (χ0v) is 19.3. The summed E-state index contributed by atoms with van der Waals surface area (Å²) in [7, 11) is 0. The van der Waals surface area contributed by atoms with Crippen LogP contribution in [-0.2, 0) is 9.59 Å². The van der Waals surface area contributed by atoms with Crippen LogP contribution in [0.3, 0.4) is 0 Å². The average Bonchev–Trinajstić information content (AvgIpc) is 3.43. The number of guanidine groups is 1. The fraction of sp³-hybridized carbons (Fsp3) is 0.609. The molecule has 2 fully saturated rings. The summed E-state index contributed by atoms with van der Waals surface area (Å²) >= 11 is 6.11. The van der Waals surface area contributed by atoms with Crippen LogP contribution in [0.15, 0.2) is 23.2 Å². The lowest BCUT2D eigenvalue weighted by atomic mass is 10.1. The molecule has 0 radical (unpaired) electrons. The number of nitrogens with zero attached hydrogens (tertiary/aromatic N) is 2. The molecule has 1 heterocycles. The van der Waals surface area contributed by atoms with Crippen LogP contribution in [0, 0.1) is 12.8 Å². The van der Waals surface area contributed by atoms with Crippen molar-refractivity contribution in [3.05, 3.63) is 28.8 Å². The summed E-state index contributed by atoms with van der Waals surface area (Å²) in [5, 5.41) is 10.2. The fourth-order valence-electron chi connectivity index (χ4n) is 4.25. The van der Waals surface area contributed by atoms with Crippen molar-refractivity contribution in [2.45, 2.75) is 58.4 Å². The van der Waals surface area contributed by atoms with Crippen molar-refractivity contribution in [2.75, 3.05) is 31.5 Å². The summed E-state index contributed by atoms with van der Waals surface area (Å²) in [6.07, 6.45) is 5.61. The topological polar surface area (TPSA) is 85.8 Å². The van der Waals surface area contributed by atoms with E-state index in [1.54, 1.807) is 6.07 Å². The standard InChI is InChI=1S/C23H34ClN5O2/c1-3-25-23(26-13-11-21(30)28-20-10-6-9-19(24)16(20)2)27-18-12-14-29(15-18)22(31)17-7-4-5-8-17/h6,9-10,17-18H,3-5,7-8,11-15H2,1-2H3,(H,28,30)(H2,25,26,27). The highest BCUT2D eigenvalue weighted by Crippen LogP contribution is 2.28. The van der Waals surface area contributed by atoms with Gasteiger partial charge in [-0.1, -0.05) is 30.5 Å². The molecule has 8 heteroatoms. The van der Waals surface area contributed by atoms with Crippen LogP contribution in [0.5, 0.6) is 0 Å². The van der Waals surface area contributed by atoms with Crippen LogP contribution in [0.4, 0.5) is 5.69 Å². The van der Waals surface area contributed by atoms with Gasteiger partial charge in [0.05, 0.1) is 6.54 Å². The Morgan fingerprint density at radius 3 is 2.74 bits per heavy atom. The Morgan fingerprint density at radius 2 is 2.00 bits per heavy atom. The second kappa shape index (κ2) is 11.4. The minimum absolute atomic E-state index is 0.0980. The summed E-state index contributed by atoms with van der Waals surface area (Å²) in [4.78, 5) is 31.5. The molecule has 1 unspecified atom stereocenters. The number of carbonyl (C=O) groups excluding carboxylic acids is 2. The molecule has 2 aliphatic rings. The molecule has 7 nitrogen and oxygen atoms in total. The van der Waals surface area contributed by atoms with Gasteiger partial charge in [0.25, 0.3) is 0 Å². The number of hydrogen-bond donors (Lipinski definition) is 3. The first-order valence-corrected chi connectivity index (χ1v) is 11.7. The number of amides is 2. The van der Waals surface area contributed by atoms with Crippen molar-refractivity contribution >= 4 is 35.1 Å². The van der Waals surface area contributed by atoms with E-state index in [2.05, 4.69) is 20.9 Å². The zero-order chi connectivity index (χ0) is 22.2. The number of hydrogen-bond acceptors (Lipinski definition) is 3. The smallest absolute Gasteiger partial charge is 0.226 e. The van der Waals surface area contributed by atoms with Gasteiger partial charge >= 0.3 is 0 Å². The molecule has 1 aromatic rings. The summed E-state index contributed by atoms with van der Waals surface area (Å²) < 4.78 is 0. The Morgan fingerprint density at radius 1 is 1.23 bits per heavy atom. The van der Waals surface area contributed by atoms with Crippen LogP contribution in [0.25, 0.3) is 0 Å². The summed E-state index contributed by atoms with van der Waals surface area (Å²) in [6.45, 7) is 6.51. The lowest BCUT2D eigenvalue weighted by Crippen LogP contribution is -2.45. The Bertz CT molecular complexity index is 807. The fourth-order valence-corrected chi connectivity index (χ4v) is 4.42. The number of rotatable bonds is 7. The number of nitrogens with one attached hydrogen (secondary N) is 3. The molecule has 2 amide bonds. The van der Waals surface area contributed by atoms with Crippen molar-refractivity contribution in [3.8, 4) is 0 Å². The van der Waals surface area contributed by atoms with Crippen molar-refractivity contribution < 1.29 is 9.59 Å². The van der Waals surface area contributed by atoms with E-state index in [9.17, 15) is 9.59 Å². The van der Waals surface area contributed by atoms with Gasteiger partial charge in [-0.2, -0.15) is 0 Å². The molecule has 1 aliphatic carbocycles. The van der Waals surface area contributed by atoms with E-state index in [-0.39, 0.29) is 24.3 Å². The molecule has 1 saturated heterocycles. The molecular formula is C23H34ClN5O2. The maximum absolute atomic E-state index is 12.6. The predicted molar refractivity (Wildman–Crippen MR) is 125 cm³/mol. The van der Waals surface area contributed by atoms with Crippen LogP contribution < -0.4 is 16.0 Å². The van der Waals surface area contributed by atoms with Crippen molar-refractivity contribution in [2.24, 2.45) is 10.9 Å². The quantitative estimate of drug-likeness (QED) is 0.442. The highest BCUT2D eigenvalue weighted by Gasteiger charge is 2.32. The normalized spacial score (nSPS) is 19.5. The largest absolute Gasteiger partial charge is 0.357 e. The van der Waals surface area contributed by atoms with Gasteiger partial charge in [0.1, 0.15) is 0 Å². The Hall–Kier alpha value is -2.28. The number of carbonyl (C=O) groups is 2. The number of benzene rings is 1. The lowest BCUT2D eigenvalue weighted by Gasteiger charge is -2.21. The van der Waals surface area contributed by atoms with Gasteiger partial charge in [0.15, 0.2) is 5.96 Å².